The Balaban J connectivity index is 1.78. The Labute approximate surface area is 178 Å². The minimum atomic E-state index is -0.186. The van der Waals surface area contributed by atoms with E-state index in [2.05, 4.69) is 16.9 Å². The van der Waals surface area contributed by atoms with E-state index in [1.165, 1.54) is 16.3 Å². The fourth-order valence-electron chi connectivity index (χ4n) is 2.74. The maximum absolute atomic E-state index is 12.8. The van der Waals surface area contributed by atoms with Crippen LogP contribution in [-0.4, -0.2) is 35.3 Å². The number of amides is 1. The Hall–Kier alpha value is -2.77. The fourth-order valence-corrected chi connectivity index (χ4v) is 3.72. The van der Waals surface area contributed by atoms with Crippen LogP contribution in [-0.2, 0) is 11.3 Å². The number of allylic oxidation sites excluding steroid dienone is 1. The van der Waals surface area contributed by atoms with Gasteiger partial charge in [-0.05, 0) is 42.5 Å². The third-order valence-corrected chi connectivity index (χ3v) is 5.41. The molecule has 0 atom stereocenters. The van der Waals surface area contributed by atoms with Crippen LogP contribution in [0, 0.1) is 0 Å². The smallest absolute Gasteiger partial charge is 0.262 e. The highest BCUT2D eigenvalue weighted by Crippen LogP contribution is 2.21. The Morgan fingerprint density at radius 1 is 1.28 bits per heavy atom. The van der Waals surface area contributed by atoms with Crippen molar-refractivity contribution in [3.8, 4) is 0 Å². The number of rotatable bonds is 7. The second-order valence-electron chi connectivity index (χ2n) is 6.54. The van der Waals surface area contributed by atoms with Gasteiger partial charge in [-0.2, -0.15) is 0 Å². The first-order valence-electron chi connectivity index (χ1n) is 8.90. The van der Waals surface area contributed by atoms with Crippen LogP contribution in [0.2, 0.25) is 5.02 Å². The number of fused-ring (bicyclic) bond motifs is 1. The molecule has 6 nitrogen and oxygen atoms in total. The van der Waals surface area contributed by atoms with E-state index in [9.17, 15) is 9.59 Å². The summed E-state index contributed by atoms with van der Waals surface area (Å²) in [7, 11) is 3.91. The van der Waals surface area contributed by atoms with Gasteiger partial charge in [0, 0.05) is 37.0 Å². The average molecular weight is 429 g/mol. The highest BCUT2D eigenvalue weighted by molar-refractivity contribution is 7.99. The van der Waals surface area contributed by atoms with Crippen LogP contribution in [0.3, 0.4) is 0 Å². The summed E-state index contributed by atoms with van der Waals surface area (Å²) in [5.41, 5.74) is 2.08. The van der Waals surface area contributed by atoms with Crippen molar-refractivity contribution in [1.29, 1.82) is 0 Å². The van der Waals surface area contributed by atoms with E-state index in [0.29, 0.717) is 33.3 Å². The molecule has 0 saturated carbocycles. The maximum atomic E-state index is 12.8. The van der Waals surface area contributed by atoms with Gasteiger partial charge in [0.1, 0.15) is 0 Å². The number of anilines is 2. The number of hydrogen-bond donors (Lipinski definition) is 1. The van der Waals surface area contributed by atoms with E-state index < -0.39 is 0 Å². The normalized spacial score (nSPS) is 10.7. The van der Waals surface area contributed by atoms with E-state index in [1.54, 1.807) is 24.3 Å². The number of nitrogens with one attached hydrogen (secondary N) is 1. The predicted octanol–water partition coefficient (Wildman–Crippen LogP) is 4.03. The molecule has 8 heteroatoms. The van der Waals surface area contributed by atoms with Gasteiger partial charge in [0.25, 0.3) is 5.56 Å². The number of benzene rings is 2. The van der Waals surface area contributed by atoms with Crippen molar-refractivity contribution in [2.45, 2.75) is 11.7 Å². The van der Waals surface area contributed by atoms with E-state index in [1.807, 2.05) is 43.3 Å². The van der Waals surface area contributed by atoms with Gasteiger partial charge in [0.2, 0.25) is 5.91 Å². The van der Waals surface area contributed by atoms with Crippen molar-refractivity contribution in [2.75, 3.05) is 30.1 Å². The zero-order valence-corrected chi connectivity index (χ0v) is 17.8. The lowest BCUT2D eigenvalue weighted by molar-refractivity contribution is -0.113. The molecular weight excluding hydrogens is 408 g/mol. The molecule has 150 valence electrons. The number of thioether (sulfide) groups is 1. The Bertz CT molecular complexity index is 1110. The molecule has 1 aromatic heterocycles. The molecule has 0 spiro atoms. The number of aromatic nitrogens is 2. The number of hydrogen-bond acceptors (Lipinski definition) is 5. The summed E-state index contributed by atoms with van der Waals surface area (Å²) in [6, 6.07) is 12.5. The molecule has 3 aromatic rings. The van der Waals surface area contributed by atoms with Crippen molar-refractivity contribution in [1.82, 2.24) is 9.55 Å². The SMILES string of the molecule is C=CCn1c(SCC(=O)Nc2ccc(N(C)C)cc2)nc2cc(Cl)ccc2c1=O. The predicted molar refractivity (Wildman–Crippen MR) is 121 cm³/mol. The molecule has 1 amide bonds. The van der Waals surface area contributed by atoms with Gasteiger partial charge < -0.3 is 10.2 Å². The maximum Gasteiger partial charge on any atom is 0.262 e. The molecule has 0 unspecified atom stereocenters. The number of nitrogens with zero attached hydrogens (tertiary/aromatic N) is 3. The molecule has 1 heterocycles. The number of halogens is 1. The second-order valence-corrected chi connectivity index (χ2v) is 7.92. The summed E-state index contributed by atoms with van der Waals surface area (Å²) in [4.78, 5) is 31.7. The molecule has 3 rings (SSSR count). The van der Waals surface area contributed by atoms with Gasteiger partial charge >= 0.3 is 0 Å². The molecule has 0 bridgehead atoms. The standard InChI is InChI=1S/C21H21ClN4O2S/c1-4-11-26-20(28)17-10-5-14(22)12-18(17)24-21(26)29-13-19(27)23-15-6-8-16(9-7-15)25(2)3/h4-10,12H,1,11,13H2,2-3H3,(H,23,27). The summed E-state index contributed by atoms with van der Waals surface area (Å²) in [5, 5.41) is 4.28. The molecule has 0 radical (unpaired) electrons. The molecule has 2 aromatic carbocycles. The third kappa shape index (κ3) is 4.99. The first-order valence-corrected chi connectivity index (χ1v) is 10.3. The summed E-state index contributed by atoms with van der Waals surface area (Å²) < 4.78 is 1.51. The van der Waals surface area contributed by atoms with Gasteiger partial charge in [-0.15, -0.1) is 6.58 Å². The minimum Gasteiger partial charge on any atom is -0.378 e. The summed E-state index contributed by atoms with van der Waals surface area (Å²) in [6.45, 7) is 4.01. The largest absolute Gasteiger partial charge is 0.378 e. The number of carbonyl (C=O) groups excluding carboxylic acids is 1. The van der Waals surface area contributed by atoms with E-state index in [-0.39, 0.29) is 17.2 Å². The lowest BCUT2D eigenvalue weighted by Gasteiger charge is -2.13. The summed E-state index contributed by atoms with van der Waals surface area (Å²) >= 11 is 7.23. The van der Waals surface area contributed by atoms with Gasteiger partial charge in [-0.1, -0.05) is 29.4 Å². The zero-order chi connectivity index (χ0) is 21.0. The van der Waals surface area contributed by atoms with Crippen LogP contribution in [0.25, 0.3) is 10.9 Å². The average Bonchev–Trinajstić information content (AvgIpc) is 2.69. The molecule has 1 N–H and O–H groups in total. The quantitative estimate of drug-likeness (QED) is 0.349. The molecule has 0 aliphatic heterocycles. The van der Waals surface area contributed by atoms with Crippen LogP contribution < -0.4 is 15.8 Å². The highest BCUT2D eigenvalue weighted by Gasteiger charge is 2.13. The molecule has 0 aliphatic carbocycles. The van der Waals surface area contributed by atoms with E-state index >= 15 is 0 Å². The zero-order valence-electron chi connectivity index (χ0n) is 16.2. The van der Waals surface area contributed by atoms with Gasteiger partial charge in [0.05, 0.1) is 16.7 Å². The van der Waals surface area contributed by atoms with Crippen LogP contribution in [0.15, 0.2) is 65.1 Å². The fraction of sp³-hybridized carbons (Fsp3) is 0.190. The molecule has 0 aliphatic rings. The van der Waals surface area contributed by atoms with Crippen LogP contribution >= 0.6 is 23.4 Å². The molecule has 0 fully saturated rings. The summed E-state index contributed by atoms with van der Waals surface area (Å²) in [5.74, 6) is -0.0661. The van der Waals surface area contributed by atoms with Crippen molar-refractivity contribution in [3.05, 3.63) is 70.5 Å². The van der Waals surface area contributed by atoms with Gasteiger partial charge in [-0.3, -0.25) is 14.2 Å². The first kappa shape index (κ1) is 21.0. The highest BCUT2D eigenvalue weighted by atomic mass is 35.5. The van der Waals surface area contributed by atoms with Crippen molar-refractivity contribution in [2.24, 2.45) is 0 Å². The van der Waals surface area contributed by atoms with Gasteiger partial charge in [0.15, 0.2) is 5.16 Å². The summed E-state index contributed by atoms with van der Waals surface area (Å²) in [6.07, 6.45) is 1.63. The van der Waals surface area contributed by atoms with Gasteiger partial charge in [-0.25, -0.2) is 4.98 Å². The van der Waals surface area contributed by atoms with Crippen molar-refractivity contribution in [3.63, 3.8) is 0 Å². The van der Waals surface area contributed by atoms with Crippen LogP contribution in [0.5, 0.6) is 0 Å². The topological polar surface area (TPSA) is 67.2 Å². The van der Waals surface area contributed by atoms with Crippen molar-refractivity contribution >= 4 is 51.5 Å². The van der Waals surface area contributed by atoms with Crippen molar-refractivity contribution < 1.29 is 4.79 Å². The minimum absolute atomic E-state index is 0.116. The van der Waals surface area contributed by atoms with E-state index in [0.717, 1.165) is 5.69 Å². The lowest BCUT2D eigenvalue weighted by Crippen LogP contribution is -2.23. The first-order chi connectivity index (χ1) is 13.9. The Kier molecular flexibility index (Phi) is 6.61. The lowest BCUT2D eigenvalue weighted by atomic mass is 10.2. The van der Waals surface area contributed by atoms with E-state index in [4.69, 9.17) is 11.6 Å². The third-order valence-electron chi connectivity index (χ3n) is 4.19. The Morgan fingerprint density at radius 2 is 2.00 bits per heavy atom. The second kappa shape index (κ2) is 9.15. The van der Waals surface area contributed by atoms with Crippen LogP contribution in [0.1, 0.15) is 0 Å². The Morgan fingerprint density at radius 3 is 2.66 bits per heavy atom. The van der Waals surface area contributed by atoms with Crippen LogP contribution in [0.4, 0.5) is 11.4 Å². The number of carbonyl (C=O) groups is 1. The molecule has 0 saturated heterocycles. The molecular formula is C21H21ClN4O2S. The monoisotopic (exact) mass is 428 g/mol. The molecule has 29 heavy (non-hydrogen) atoms.